The summed E-state index contributed by atoms with van der Waals surface area (Å²) in [5.74, 6) is -0.170. The van der Waals surface area contributed by atoms with Crippen LogP contribution in [0.3, 0.4) is 0 Å². The van der Waals surface area contributed by atoms with Gasteiger partial charge in [0, 0.05) is 28.5 Å². The van der Waals surface area contributed by atoms with Crippen molar-refractivity contribution in [3.8, 4) is 17.3 Å². The summed E-state index contributed by atoms with van der Waals surface area (Å²) in [5, 5.41) is 14.1. The smallest absolute Gasteiger partial charge is 0.230 e. The second-order valence-corrected chi connectivity index (χ2v) is 7.15. The molecule has 5 nitrogen and oxygen atoms in total. The van der Waals surface area contributed by atoms with Gasteiger partial charge in [-0.25, -0.2) is 4.98 Å². The number of carbonyl (C=O) groups is 1. The van der Waals surface area contributed by atoms with Gasteiger partial charge in [0.1, 0.15) is 6.07 Å². The van der Waals surface area contributed by atoms with E-state index in [9.17, 15) is 4.79 Å². The van der Waals surface area contributed by atoms with Crippen molar-refractivity contribution in [1.29, 1.82) is 5.26 Å². The first-order valence-corrected chi connectivity index (χ1v) is 9.40. The van der Waals surface area contributed by atoms with E-state index in [4.69, 9.17) is 16.9 Å². The second-order valence-electron chi connectivity index (χ2n) is 5.90. The lowest BCUT2D eigenvalue weighted by Crippen LogP contribution is -2.15. The molecular weight excluding hydrogens is 380 g/mol. The molecule has 0 radical (unpaired) electrons. The van der Waals surface area contributed by atoms with Crippen molar-refractivity contribution in [1.82, 2.24) is 9.38 Å². The molecule has 2 aromatic carbocycles. The maximum Gasteiger partial charge on any atom is 0.230 e. The molecule has 0 aliphatic heterocycles. The maximum atomic E-state index is 12.4. The Balaban J connectivity index is 1.54. The number of imidazole rings is 1. The molecule has 0 atom stereocenters. The first kappa shape index (κ1) is 17.3. The molecule has 0 saturated heterocycles. The summed E-state index contributed by atoms with van der Waals surface area (Å²) in [6, 6.07) is 16.8. The largest absolute Gasteiger partial charge is 0.326 e. The lowest BCUT2D eigenvalue weighted by atomic mass is 10.2. The summed E-state index contributed by atoms with van der Waals surface area (Å²) in [4.78, 5) is 17.9. The first-order chi connectivity index (χ1) is 13.1. The number of nitrogens with zero attached hydrogens (tertiary/aromatic N) is 3. The monoisotopic (exact) mass is 392 g/mol. The third kappa shape index (κ3) is 3.56. The van der Waals surface area contributed by atoms with Crippen LogP contribution >= 0.6 is 22.9 Å². The second kappa shape index (κ2) is 7.23. The van der Waals surface area contributed by atoms with Gasteiger partial charge in [-0.3, -0.25) is 9.20 Å². The van der Waals surface area contributed by atoms with Crippen molar-refractivity contribution in [2.24, 2.45) is 0 Å². The molecule has 0 unspecified atom stereocenters. The predicted molar refractivity (Wildman–Crippen MR) is 107 cm³/mol. The predicted octanol–water partition coefficient (Wildman–Crippen LogP) is 4.77. The average molecular weight is 393 g/mol. The van der Waals surface area contributed by atoms with E-state index in [1.54, 1.807) is 18.2 Å². The highest BCUT2D eigenvalue weighted by atomic mass is 35.5. The zero-order valence-electron chi connectivity index (χ0n) is 14.0. The van der Waals surface area contributed by atoms with Crippen LogP contribution in [0.15, 0.2) is 60.1 Å². The fraction of sp³-hybridized carbons (Fsp3) is 0.0500. The molecule has 4 rings (SSSR count). The molecule has 4 aromatic rings. The zero-order valence-corrected chi connectivity index (χ0v) is 15.6. The highest BCUT2D eigenvalue weighted by molar-refractivity contribution is 7.15. The van der Waals surface area contributed by atoms with Crippen molar-refractivity contribution in [3.05, 3.63) is 76.4 Å². The summed E-state index contributed by atoms with van der Waals surface area (Å²) in [7, 11) is 0. The molecule has 1 N–H and O–H groups in total. The number of halogens is 1. The molecule has 0 spiro atoms. The van der Waals surface area contributed by atoms with Crippen molar-refractivity contribution < 1.29 is 4.79 Å². The molecule has 2 heterocycles. The Bertz CT molecular complexity index is 1170. The molecule has 1 amide bonds. The summed E-state index contributed by atoms with van der Waals surface area (Å²) in [6.07, 6.45) is 2.15. The number of thiazole rings is 1. The molecular formula is C20H13ClN4OS. The minimum atomic E-state index is -0.170. The molecule has 7 heteroatoms. The molecule has 0 saturated carbocycles. The van der Waals surface area contributed by atoms with Gasteiger partial charge in [-0.15, -0.1) is 11.3 Å². The number of carbonyl (C=O) groups excluding carboxylic acids is 1. The van der Waals surface area contributed by atoms with Gasteiger partial charge in [-0.1, -0.05) is 41.9 Å². The quantitative estimate of drug-likeness (QED) is 0.543. The highest BCUT2D eigenvalue weighted by Gasteiger charge is 2.13. The van der Waals surface area contributed by atoms with E-state index in [0.29, 0.717) is 16.3 Å². The van der Waals surface area contributed by atoms with Gasteiger partial charge in [0.05, 0.1) is 22.7 Å². The highest BCUT2D eigenvalue weighted by Crippen LogP contribution is 2.24. The Morgan fingerprint density at radius 2 is 2.07 bits per heavy atom. The van der Waals surface area contributed by atoms with Crippen LogP contribution in [0, 0.1) is 11.3 Å². The Morgan fingerprint density at radius 3 is 2.85 bits per heavy atom. The zero-order chi connectivity index (χ0) is 18.8. The van der Waals surface area contributed by atoms with Crippen LogP contribution in [-0.2, 0) is 11.2 Å². The number of amides is 1. The van der Waals surface area contributed by atoms with Crippen LogP contribution in [0.2, 0.25) is 5.02 Å². The molecule has 0 aliphatic rings. The van der Waals surface area contributed by atoms with Crippen LogP contribution in [0.4, 0.5) is 5.69 Å². The average Bonchev–Trinajstić information content (AvgIpc) is 3.26. The number of nitriles is 1. The number of anilines is 1. The summed E-state index contributed by atoms with van der Waals surface area (Å²) in [5.41, 5.74) is 3.64. The Labute approximate surface area is 164 Å². The van der Waals surface area contributed by atoms with Crippen molar-refractivity contribution in [2.45, 2.75) is 6.42 Å². The Morgan fingerprint density at radius 1 is 1.26 bits per heavy atom. The Kier molecular flexibility index (Phi) is 4.63. The van der Waals surface area contributed by atoms with E-state index in [-0.39, 0.29) is 12.3 Å². The fourth-order valence-corrected chi connectivity index (χ4v) is 3.80. The van der Waals surface area contributed by atoms with Gasteiger partial charge >= 0.3 is 0 Å². The van der Waals surface area contributed by atoms with E-state index >= 15 is 0 Å². The number of aromatic nitrogens is 2. The van der Waals surface area contributed by atoms with Gasteiger partial charge in [-0.2, -0.15) is 5.26 Å². The lowest BCUT2D eigenvalue weighted by Gasteiger charge is -2.06. The van der Waals surface area contributed by atoms with Crippen LogP contribution in [0.1, 0.15) is 11.3 Å². The molecule has 27 heavy (non-hydrogen) atoms. The number of fused-ring (bicyclic) bond motifs is 1. The van der Waals surface area contributed by atoms with Gasteiger partial charge in [0.2, 0.25) is 5.91 Å². The van der Waals surface area contributed by atoms with Gasteiger partial charge in [0.25, 0.3) is 0 Å². The van der Waals surface area contributed by atoms with Crippen molar-refractivity contribution >= 4 is 39.5 Å². The van der Waals surface area contributed by atoms with Gasteiger partial charge in [0.15, 0.2) is 4.96 Å². The lowest BCUT2D eigenvalue weighted by molar-refractivity contribution is -0.115. The van der Waals surface area contributed by atoms with Crippen LogP contribution in [0.5, 0.6) is 0 Å². The maximum absolute atomic E-state index is 12.4. The minimum Gasteiger partial charge on any atom is -0.326 e. The first-order valence-electron chi connectivity index (χ1n) is 8.14. The van der Waals surface area contributed by atoms with E-state index < -0.39 is 0 Å². The third-order valence-corrected chi connectivity index (χ3v) is 5.28. The standard InChI is InChI=1S/C20H13ClN4OS/c21-17-7-6-15(8-14(17)10-22)23-19(26)9-16-12-27-20-24-18(11-25(16)20)13-4-2-1-3-5-13/h1-8,11-12H,9H2,(H,23,26). The van der Waals surface area contributed by atoms with Crippen LogP contribution < -0.4 is 5.32 Å². The third-order valence-electron chi connectivity index (χ3n) is 4.07. The molecule has 132 valence electrons. The molecule has 0 bridgehead atoms. The van der Waals surface area contributed by atoms with Crippen molar-refractivity contribution in [3.63, 3.8) is 0 Å². The molecule has 0 aliphatic carbocycles. The van der Waals surface area contributed by atoms with E-state index in [2.05, 4.69) is 10.3 Å². The number of rotatable bonds is 4. The van der Waals surface area contributed by atoms with Crippen LogP contribution in [0.25, 0.3) is 16.2 Å². The number of hydrogen-bond donors (Lipinski definition) is 1. The van der Waals surface area contributed by atoms with Crippen molar-refractivity contribution in [2.75, 3.05) is 5.32 Å². The minimum absolute atomic E-state index is 0.170. The molecule has 0 fully saturated rings. The van der Waals surface area contributed by atoms with Gasteiger partial charge < -0.3 is 5.32 Å². The fourth-order valence-electron chi connectivity index (χ4n) is 2.76. The number of nitrogens with one attached hydrogen (secondary N) is 1. The molecule has 2 aromatic heterocycles. The van der Waals surface area contributed by atoms with E-state index in [1.807, 2.05) is 52.4 Å². The number of hydrogen-bond acceptors (Lipinski definition) is 4. The van der Waals surface area contributed by atoms with Gasteiger partial charge in [-0.05, 0) is 18.2 Å². The summed E-state index contributed by atoms with van der Waals surface area (Å²) >= 11 is 7.42. The topological polar surface area (TPSA) is 70.2 Å². The Hall–Kier alpha value is -3.14. The normalized spacial score (nSPS) is 10.7. The van der Waals surface area contributed by atoms with E-state index in [1.165, 1.54) is 11.3 Å². The number of benzene rings is 2. The van der Waals surface area contributed by atoms with E-state index in [0.717, 1.165) is 21.9 Å². The SMILES string of the molecule is N#Cc1cc(NC(=O)Cc2csc3nc(-c4ccccc4)cn23)ccc1Cl. The van der Waals surface area contributed by atoms with Crippen LogP contribution in [-0.4, -0.2) is 15.3 Å². The summed E-state index contributed by atoms with van der Waals surface area (Å²) in [6.45, 7) is 0. The summed E-state index contributed by atoms with van der Waals surface area (Å²) < 4.78 is 1.94.